The zero-order valence-electron chi connectivity index (χ0n) is 14.7. The van der Waals surface area contributed by atoms with Crippen molar-refractivity contribution in [2.75, 3.05) is 9.62 Å². The molecule has 0 bridgehead atoms. The van der Waals surface area contributed by atoms with Crippen molar-refractivity contribution in [3.8, 4) is 0 Å². The maximum absolute atomic E-state index is 13.5. The highest BCUT2D eigenvalue weighted by molar-refractivity contribution is 8.02. The van der Waals surface area contributed by atoms with E-state index in [1.165, 1.54) is 16.1 Å². The number of thioether (sulfide) groups is 1. The molecular weight excluding hydrogens is 376 g/mol. The van der Waals surface area contributed by atoms with Gasteiger partial charge in [-0.15, -0.1) is 0 Å². The summed E-state index contributed by atoms with van der Waals surface area (Å²) in [4.78, 5) is 1.15. The molecule has 4 rings (SSSR count). The molecule has 1 aliphatic heterocycles. The minimum absolute atomic E-state index is 0.260. The summed E-state index contributed by atoms with van der Waals surface area (Å²) in [5.41, 5.74) is 2.48. The third kappa shape index (κ3) is 3.46. The fourth-order valence-corrected chi connectivity index (χ4v) is 5.28. The first-order valence-corrected chi connectivity index (χ1v) is 10.8. The zero-order chi connectivity index (χ0) is 18.9. The Hall–Kier alpha value is -2.70. The zero-order valence-corrected chi connectivity index (χ0v) is 16.3. The summed E-state index contributed by atoms with van der Waals surface area (Å²) in [7, 11) is -3.77. The minimum Gasteiger partial charge on any atom is -0.340 e. The molecule has 3 aromatic carbocycles. The van der Waals surface area contributed by atoms with Crippen LogP contribution in [0.15, 0.2) is 99.9 Å². The van der Waals surface area contributed by atoms with Gasteiger partial charge in [-0.1, -0.05) is 59.8 Å². The fourth-order valence-electron chi connectivity index (χ4n) is 2.85. The van der Waals surface area contributed by atoms with Crippen LogP contribution in [-0.2, 0) is 10.0 Å². The first-order valence-electron chi connectivity index (χ1n) is 8.46. The number of hydrogen-bond acceptors (Lipinski definition) is 4. The number of sulfonamides is 1. The average molecular weight is 395 g/mol. The molecule has 27 heavy (non-hydrogen) atoms. The molecule has 1 aliphatic rings. The largest absolute Gasteiger partial charge is 0.340 e. The molecule has 1 N–H and O–H groups in total. The van der Waals surface area contributed by atoms with Crippen molar-refractivity contribution in [3.63, 3.8) is 0 Å². The van der Waals surface area contributed by atoms with Crippen LogP contribution >= 0.6 is 11.8 Å². The molecule has 0 spiro atoms. The molecule has 136 valence electrons. The predicted molar refractivity (Wildman–Crippen MR) is 111 cm³/mol. The first kappa shape index (κ1) is 17.7. The Morgan fingerprint density at radius 2 is 1.52 bits per heavy atom. The van der Waals surface area contributed by atoms with Crippen LogP contribution in [0.3, 0.4) is 0 Å². The Labute approximate surface area is 163 Å². The van der Waals surface area contributed by atoms with E-state index in [4.69, 9.17) is 0 Å². The van der Waals surface area contributed by atoms with Crippen molar-refractivity contribution in [3.05, 3.63) is 95.7 Å². The number of hydrogen-bond donors (Lipinski definition) is 1. The molecule has 0 saturated heterocycles. The number of nitrogens with one attached hydrogen (secondary N) is 1. The fraction of sp³-hybridized carbons (Fsp3) is 0.0476. The monoisotopic (exact) mass is 394 g/mol. The van der Waals surface area contributed by atoms with Crippen LogP contribution < -0.4 is 9.62 Å². The Balaban J connectivity index is 1.82. The summed E-state index contributed by atoms with van der Waals surface area (Å²) in [5.74, 6) is 0.505. The second kappa shape index (κ2) is 7.13. The van der Waals surface area contributed by atoms with Crippen molar-refractivity contribution in [2.45, 2.75) is 16.7 Å². The lowest BCUT2D eigenvalue weighted by molar-refractivity contribution is 0.594. The standard InChI is InChI=1S/C21H18N2O2S2/c1-16-11-13-18(14-12-16)27(24,25)23-19-9-5-6-10-20(19)26-15-21(23)22-17-7-3-2-4-8-17/h2-15,22H,1H3. The van der Waals surface area contributed by atoms with E-state index >= 15 is 0 Å². The highest BCUT2D eigenvalue weighted by Gasteiger charge is 2.32. The number of aryl methyl sites for hydroxylation is 1. The van der Waals surface area contributed by atoms with Gasteiger partial charge >= 0.3 is 0 Å². The van der Waals surface area contributed by atoms with Crippen LogP contribution in [0, 0.1) is 6.92 Å². The lowest BCUT2D eigenvalue weighted by Crippen LogP contribution is -2.35. The second-order valence-electron chi connectivity index (χ2n) is 6.16. The highest BCUT2D eigenvalue weighted by Crippen LogP contribution is 2.41. The van der Waals surface area contributed by atoms with Gasteiger partial charge in [-0.3, -0.25) is 0 Å². The summed E-state index contributed by atoms with van der Waals surface area (Å²) in [6.45, 7) is 1.94. The number of nitrogens with zero attached hydrogens (tertiary/aromatic N) is 1. The van der Waals surface area contributed by atoms with Gasteiger partial charge in [0.05, 0.1) is 10.6 Å². The normalized spacial score (nSPS) is 13.7. The maximum atomic E-state index is 13.5. The molecule has 0 aliphatic carbocycles. The number of para-hydroxylation sites is 2. The Bertz CT molecular complexity index is 1090. The smallest absolute Gasteiger partial charge is 0.269 e. The van der Waals surface area contributed by atoms with E-state index in [-0.39, 0.29) is 4.90 Å². The molecule has 0 fully saturated rings. The van der Waals surface area contributed by atoms with E-state index in [0.29, 0.717) is 11.5 Å². The van der Waals surface area contributed by atoms with Gasteiger partial charge in [-0.05, 0) is 43.3 Å². The molecule has 6 heteroatoms. The summed E-state index contributed by atoms with van der Waals surface area (Å²) < 4.78 is 28.4. The molecule has 3 aromatic rings. The van der Waals surface area contributed by atoms with E-state index in [1.807, 2.05) is 79.1 Å². The van der Waals surface area contributed by atoms with Crippen LogP contribution in [-0.4, -0.2) is 8.42 Å². The first-order chi connectivity index (χ1) is 13.1. The third-order valence-electron chi connectivity index (χ3n) is 4.21. The van der Waals surface area contributed by atoms with Gasteiger partial charge < -0.3 is 5.32 Å². The number of fused-ring (bicyclic) bond motifs is 1. The number of benzene rings is 3. The van der Waals surface area contributed by atoms with E-state index in [1.54, 1.807) is 12.1 Å². The van der Waals surface area contributed by atoms with Crippen LogP contribution in [0.5, 0.6) is 0 Å². The lowest BCUT2D eigenvalue weighted by atomic mass is 10.2. The van der Waals surface area contributed by atoms with Crippen molar-refractivity contribution >= 4 is 33.2 Å². The molecule has 0 radical (unpaired) electrons. The van der Waals surface area contributed by atoms with E-state index in [2.05, 4.69) is 5.32 Å². The molecule has 0 amide bonds. The number of rotatable bonds is 4. The third-order valence-corrected chi connectivity index (χ3v) is 6.89. The summed E-state index contributed by atoms with van der Waals surface area (Å²) in [6.07, 6.45) is 0. The van der Waals surface area contributed by atoms with Crippen molar-refractivity contribution in [1.29, 1.82) is 0 Å². The van der Waals surface area contributed by atoms with E-state index < -0.39 is 10.0 Å². The quantitative estimate of drug-likeness (QED) is 0.660. The van der Waals surface area contributed by atoms with Crippen LogP contribution in [0.1, 0.15) is 5.56 Å². The molecule has 4 nitrogen and oxygen atoms in total. The van der Waals surface area contributed by atoms with Crippen LogP contribution in [0.2, 0.25) is 0 Å². The second-order valence-corrected chi connectivity index (χ2v) is 8.86. The summed E-state index contributed by atoms with van der Waals surface area (Å²) in [6, 6.07) is 24.0. The number of anilines is 2. The summed E-state index contributed by atoms with van der Waals surface area (Å²) >= 11 is 1.50. The molecule has 0 atom stereocenters. The molecular formula is C21H18N2O2S2. The molecule has 0 unspecified atom stereocenters. The van der Waals surface area contributed by atoms with Crippen LogP contribution in [0.4, 0.5) is 11.4 Å². The van der Waals surface area contributed by atoms with Gasteiger partial charge in [0.15, 0.2) is 0 Å². The van der Waals surface area contributed by atoms with Gasteiger partial charge in [0.25, 0.3) is 10.0 Å². The van der Waals surface area contributed by atoms with E-state index in [9.17, 15) is 8.42 Å². The average Bonchev–Trinajstić information content (AvgIpc) is 2.69. The molecule has 0 saturated carbocycles. The Kier molecular flexibility index (Phi) is 4.68. The molecule has 1 heterocycles. The van der Waals surface area contributed by atoms with Gasteiger partial charge in [-0.25, -0.2) is 12.7 Å². The van der Waals surface area contributed by atoms with Crippen molar-refractivity contribution < 1.29 is 8.42 Å². The SMILES string of the molecule is Cc1ccc(S(=O)(=O)N2C(Nc3ccccc3)=CSc3ccccc32)cc1. The Morgan fingerprint density at radius 1 is 0.852 bits per heavy atom. The molecule has 0 aromatic heterocycles. The van der Waals surface area contributed by atoms with Gasteiger partial charge in [0.2, 0.25) is 0 Å². The van der Waals surface area contributed by atoms with Crippen molar-refractivity contribution in [1.82, 2.24) is 0 Å². The van der Waals surface area contributed by atoms with Crippen LogP contribution in [0.25, 0.3) is 0 Å². The Morgan fingerprint density at radius 3 is 2.26 bits per heavy atom. The summed E-state index contributed by atoms with van der Waals surface area (Å²) in [5, 5.41) is 5.08. The minimum atomic E-state index is -3.77. The predicted octanol–water partition coefficient (Wildman–Crippen LogP) is 5.21. The topological polar surface area (TPSA) is 49.4 Å². The van der Waals surface area contributed by atoms with E-state index in [0.717, 1.165) is 16.1 Å². The van der Waals surface area contributed by atoms with Crippen molar-refractivity contribution in [2.24, 2.45) is 0 Å². The highest BCUT2D eigenvalue weighted by atomic mass is 32.2. The lowest BCUT2D eigenvalue weighted by Gasteiger charge is -2.31. The van der Waals surface area contributed by atoms with Gasteiger partial charge in [-0.2, -0.15) is 0 Å². The van der Waals surface area contributed by atoms with Gasteiger partial charge in [0, 0.05) is 16.0 Å². The van der Waals surface area contributed by atoms with Gasteiger partial charge in [0.1, 0.15) is 5.82 Å². The maximum Gasteiger partial charge on any atom is 0.269 e.